The zero-order valence-electron chi connectivity index (χ0n) is 8.15. The predicted molar refractivity (Wildman–Crippen MR) is 49.2 cm³/mol. The van der Waals surface area contributed by atoms with Crippen LogP contribution in [0.25, 0.3) is 6.08 Å². The fourth-order valence-electron chi connectivity index (χ4n) is 1.12. The Morgan fingerprint density at radius 2 is 2.00 bits per heavy atom. The number of hydrogen-bond donors (Lipinski definition) is 0. The Morgan fingerprint density at radius 1 is 1.43 bits per heavy atom. The van der Waals surface area contributed by atoms with E-state index in [1.807, 2.05) is 0 Å². The molecule has 0 heterocycles. The molecule has 0 aromatic heterocycles. The zero-order chi connectivity index (χ0) is 10.1. The molecule has 0 atom stereocenters. The largest absolute Gasteiger partial charge is 1.00 e. The van der Waals surface area contributed by atoms with Crippen molar-refractivity contribution in [2.75, 3.05) is 0 Å². The maximum atomic E-state index is 10.7. The zero-order valence-corrected chi connectivity index (χ0v) is 11.0. The van der Waals surface area contributed by atoms with E-state index in [0.29, 0.717) is 11.1 Å². The second-order valence-corrected chi connectivity index (χ2v) is 3.98. The van der Waals surface area contributed by atoms with Crippen LogP contribution in [0.1, 0.15) is 11.1 Å². The molecule has 1 aromatic carbocycles. The molecule has 0 aliphatic heterocycles. The number of rotatable bonds is 2. The van der Waals surface area contributed by atoms with Crippen LogP contribution in [0.2, 0.25) is 0 Å². The van der Waals surface area contributed by atoms with Crippen LogP contribution in [0.15, 0.2) is 29.7 Å². The van der Waals surface area contributed by atoms with Crippen LogP contribution in [-0.4, -0.2) is 13.0 Å². The van der Waals surface area contributed by atoms with Gasteiger partial charge in [0.1, 0.15) is 10.1 Å². The summed E-state index contributed by atoms with van der Waals surface area (Å²) < 4.78 is 32.2. The summed E-state index contributed by atoms with van der Waals surface area (Å²) in [6, 6.07) is 4.52. The van der Waals surface area contributed by atoms with Crippen LogP contribution in [0.3, 0.4) is 0 Å². The Hall–Kier alpha value is -0.130. The van der Waals surface area contributed by atoms with Gasteiger partial charge in [0, 0.05) is 0 Å². The van der Waals surface area contributed by atoms with E-state index in [2.05, 4.69) is 6.58 Å². The molecule has 0 amide bonds. The summed E-state index contributed by atoms with van der Waals surface area (Å²) in [7, 11) is -4.36. The summed E-state index contributed by atoms with van der Waals surface area (Å²) in [5.74, 6) is 0. The van der Waals surface area contributed by atoms with Gasteiger partial charge in [0.25, 0.3) is 0 Å². The molecule has 14 heavy (non-hydrogen) atoms. The Morgan fingerprint density at radius 3 is 2.43 bits per heavy atom. The average Bonchev–Trinajstić information content (AvgIpc) is 2.02. The summed E-state index contributed by atoms with van der Waals surface area (Å²) in [6.07, 6.45) is 1.52. The number of hydrogen-bond acceptors (Lipinski definition) is 3. The van der Waals surface area contributed by atoms with Crippen molar-refractivity contribution >= 4 is 16.2 Å². The molecule has 0 saturated heterocycles. The second-order valence-electron chi connectivity index (χ2n) is 2.63. The van der Waals surface area contributed by atoms with E-state index in [1.165, 1.54) is 18.2 Å². The summed E-state index contributed by atoms with van der Waals surface area (Å²) >= 11 is 0. The summed E-state index contributed by atoms with van der Waals surface area (Å²) in [5.41, 5.74) is 1.12. The third-order valence-electron chi connectivity index (χ3n) is 1.82. The van der Waals surface area contributed by atoms with E-state index in [-0.39, 0.29) is 34.5 Å². The van der Waals surface area contributed by atoms with Crippen LogP contribution in [0, 0.1) is 6.92 Å². The molecule has 1 aromatic rings. The van der Waals surface area contributed by atoms with Crippen molar-refractivity contribution in [3.8, 4) is 0 Å². The molecule has 70 valence electrons. The van der Waals surface area contributed by atoms with E-state index in [9.17, 15) is 13.0 Å². The molecule has 0 N–H and O–H groups in total. The van der Waals surface area contributed by atoms with E-state index in [1.54, 1.807) is 13.0 Å². The van der Waals surface area contributed by atoms with Gasteiger partial charge in [0.05, 0.1) is 4.90 Å². The quantitative estimate of drug-likeness (QED) is 0.452. The van der Waals surface area contributed by atoms with E-state index >= 15 is 0 Å². The normalized spacial score (nSPS) is 10.4. The smallest absolute Gasteiger partial charge is 0.744 e. The predicted octanol–water partition coefficient (Wildman–Crippen LogP) is -1.45. The van der Waals surface area contributed by atoms with Crippen LogP contribution in [0.4, 0.5) is 0 Å². The molecule has 0 saturated carbocycles. The summed E-state index contributed by atoms with van der Waals surface area (Å²) in [5, 5.41) is 0. The minimum absolute atomic E-state index is 0. The third-order valence-corrected chi connectivity index (χ3v) is 2.80. The standard InChI is InChI=1S/C9H10O3S.Na/c1-3-8-5-4-6-9(7(8)2)13(10,11)12;/h3-6H,1H2,2H3,(H,10,11,12);/q;+1/p-1. The van der Waals surface area contributed by atoms with Crippen molar-refractivity contribution in [2.45, 2.75) is 11.8 Å². The van der Waals surface area contributed by atoms with Crippen molar-refractivity contribution < 1.29 is 42.5 Å². The van der Waals surface area contributed by atoms with Gasteiger partial charge >= 0.3 is 29.6 Å². The first-order valence-corrected chi connectivity index (χ1v) is 5.05. The molecule has 0 fully saturated rings. The minimum atomic E-state index is -4.36. The topological polar surface area (TPSA) is 57.2 Å². The summed E-state index contributed by atoms with van der Waals surface area (Å²) in [4.78, 5) is -0.176. The van der Waals surface area contributed by atoms with E-state index in [0.717, 1.165) is 0 Å². The molecule has 0 aliphatic rings. The summed E-state index contributed by atoms with van der Waals surface area (Å²) in [6.45, 7) is 5.10. The van der Waals surface area contributed by atoms with Crippen molar-refractivity contribution in [1.29, 1.82) is 0 Å². The molecule has 0 unspecified atom stereocenters. The molecule has 1 rings (SSSR count). The molecular formula is C9H9NaO3S. The molecular weight excluding hydrogens is 211 g/mol. The first kappa shape index (κ1) is 13.9. The van der Waals surface area contributed by atoms with E-state index < -0.39 is 10.1 Å². The maximum absolute atomic E-state index is 10.7. The Labute approximate surface area is 106 Å². The molecule has 3 nitrogen and oxygen atoms in total. The average molecular weight is 220 g/mol. The SMILES string of the molecule is C=Cc1cccc(S(=O)(=O)[O-])c1C.[Na+]. The molecule has 5 heteroatoms. The molecule has 0 bridgehead atoms. The second kappa shape index (κ2) is 5.09. The first-order chi connectivity index (χ1) is 5.96. The van der Waals surface area contributed by atoms with Gasteiger partial charge in [-0.25, -0.2) is 8.42 Å². The monoisotopic (exact) mass is 220 g/mol. The van der Waals surface area contributed by atoms with Gasteiger partial charge in [-0.2, -0.15) is 0 Å². The Bertz CT molecular complexity index is 437. The van der Waals surface area contributed by atoms with Gasteiger partial charge in [-0.1, -0.05) is 24.8 Å². The minimum Gasteiger partial charge on any atom is -0.744 e. The van der Waals surface area contributed by atoms with Gasteiger partial charge in [-0.05, 0) is 24.1 Å². The fourth-order valence-corrected chi connectivity index (χ4v) is 1.86. The maximum Gasteiger partial charge on any atom is 1.00 e. The van der Waals surface area contributed by atoms with Crippen molar-refractivity contribution in [2.24, 2.45) is 0 Å². The van der Waals surface area contributed by atoms with Crippen LogP contribution >= 0.6 is 0 Å². The Balaban J connectivity index is 0.00000169. The number of benzene rings is 1. The van der Waals surface area contributed by atoms with Crippen molar-refractivity contribution in [3.05, 3.63) is 35.9 Å². The first-order valence-electron chi connectivity index (χ1n) is 3.65. The molecule has 0 aliphatic carbocycles. The van der Waals surface area contributed by atoms with Gasteiger partial charge in [0.2, 0.25) is 0 Å². The van der Waals surface area contributed by atoms with Crippen molar-refractivity contribution in [1.82, 2.24) is 0 Å². The van der Waals surface area contributed by atoms with Crippen LogP contribution in [0.5, 0.6) is 0 Å². The molecule has 0 spiro atoms. The third kappa shape index (κ3) is 2.93. The van der Waals surface area contributed by atoms with Crippen molar-refractivity contribution in [3.63, 3.8) is 0 Å². The van der Waals surface area contributed by atoms with Crippen LogP contribution in [-0.2, 0) is 10.1 Å². The fraction of sp³-hybridized carbons (Fsp3) is 0.111. The van der Waals surface area contributed by atoms with Gasteiger partial charge < -0.3 is 4.55 Å². The van der Waals surface area contributed by atoms with Gasteiger partial charge in [0.15, 0.2) is 0 Å². The Kier molecular flexibility index (Phi) is 5.05. The van der Waals surface area contributed by atoms with Gasteiger partial charge in [-0.15, -0.1) is 0 Å². The van der Waals surface area contributed by atoms with Crippen LogP contribution < -0.4 is 29.6 Å². The molecule has 0 radical (unpaired) electrons. The van der Waals surface area contributed by atoms with E-state index in [4.69, 9.17) is 0 Å². The van der Waals surface area contributed by atoms with Gasteiger partial charge in [-0.3, -0.25) is 0 Å².